The molecule has 154 valence electrons. The molecule has 0 aliphatic heterocycles. The second kappa shape index (κ2) is 10.7. The Morgan fingerprint density at radius 1 is 1.30 bits per heavy atom. The lowest BCUT2D eigenvalue weighted by atomic mass is 9.88. The number of carboxylic acid groups (broad SMARTS) is 1. The van der Waals surface area contributed by atoms with Crippen molar-refractivity contribution in [2.45, 2.75) is 83.2 Å². The minimum Gasteiger partial charge on any atom is -0.481 e. The van der Waals surface area contributed by atoms with Crippen LogP contribution in [0.4, 0.5) is 8.78 Å². The SMILES string of the molecule is CCCCCC(C)(O)C=C[C@@H]1[C@@H](CC=CCCCC(=O)O)C(=O)CC1(F)F. The zero-order valence-electron chi connectivity index (χ0n) is 16.3. The van der Waals surface area contributed by atoms with Gasteiger partial charge in [0, 0.05) is 12.3 Å². The Morgan fingerprint density at radius 2 is 2.00 bits per heavy atom. The van der Waals surface area contributed by atoms with Gasteiger partial charge in [-0.25, -0.2) is 8.78 Å². The number of carbonyl (C=O) groups excluding carboxylic acids is 1. The zero-order chi connectivity index (χ0) is 20.5. The van der Waals surface area contributed by atoms with E-state index in [9.17, 15) is 23.5 Å². The van der Waals surface area contributed by atoms with Gasteiger partial charge in [-0.05, 0) is 32.6 Å². The Bertz CT molecular complexity index is 552. The van der Waals surface area contributed by atoms with Crippen LogP contribution in [0.15, 0.2) is 24.3 Å². The summed E-state index contributed by atoms with van der Waals surface area (Å²) >= 11 is 0. The number of hydrogen-bond donors (Lipinski definition) is 2. The van der Waals surface area contributed by atoms with Crippen LogP contribution in [0, 0.1) is 11.8 Å². The molecule has 3 atom stereocenters. The Hall–Kier alpha value is -1.56. The van der Waals surface area contributed by atoms with Crippen molar-refractivity contribution >= 4 is 11.8 Å². The first kappa shape index (κ1) is 23.5. The highest BCUT2D eigenvalue weighted by atomic mass is 19.3. The Kier molecular flexibility index (Phi) is 9.30. The summed E-state index contributed by atoms with van der Waals surface area (Å²) in [6, 6.07) is 0. The molecule has 0 amide bonds. The maximum Gasteiger partial charge on any atom is 0.303 e. The van der Waals surface area contributed by atoms with E-state index in [4.69, 9.17) is 5.11 Å². The van der Waals surface area contributed by atoms with Gasteiger partial charge in [-0.15, -0.1) is 0 Å². The van der Waals surface area contributed by atoms with Crippen molar-refractivity contribution in [3.05, 3.63) is 24.3 Å². The van der Waals surface area contributed by atoms with Crippen LogP contribution in [0.2, 0.25) is 0 Å². The number of aliphatic hydroxyl groups is 1. The number of rotatable bonds is 12. The van der Waals surface area contributed by atoms with Crippen molar-refractivity contribution in [3.63, 3.8) is 0 Å². The number of unbranched alkanes of at least 4 members (excludes halogenated alkanes) is 3. The summed E-state index contributed by atoms with van der Waals surface area (Å²) in [5, 5.41) is 18.9. The highest BCUT2D eigenvalue weighted by Crippen LogP contribution is 2.45. The van der Waals surface area contributed by atoms with Crippen LogP contribution < -0.4 is 0 Å². The molecule has 1 rings (SSSR count). The van der Waals surface area contributed by atoms with E-state index >= 15 is 0 Å². The zero-order valence-corrected chi connectivity index (χ0v) is 16.3. The summed E-state index contributed by atoms with van der Waals surface area (Å²) in [7, 11) is 0. The highest BCUT2D eigenvalue weighted by molar-refractivity contribution is 5.85. The third-order valence-electron chi connectivity index (χ3n) is 5.01. The van der Waals surface area contributed by atoms with Crippen molar-refractivity contribution in [1.29, 1.82) is 0 Å². The Balaban J connectivity index is 2.69. The van der Waals surface area contributed by atoms with Crippen LogP contribution in [0.25, 0.3) is 0 Å². The van der Waals surface area contributed by atoms with Gasteiger partial charge in [-0.1, -0.05) is 50.5 Å². The molecule has 4 nitrogen and oxygen atoms in total. The molecule has 6 heteroatoms. The fourth-order valence-electron chi connectivity index (χ4n) is 3.39. The van der Waals surface area contributed by atoms with Crippen molar-refractivity contribution in [2.24, 2.45) is 11.8 Å². The van der Waals surface area contributed by atoms with Gasteiger partial charge >= 0.3 is 5.97 Å². The molecule has 0 spiro atoms. The van der Waals surface area contributed by atoms with Crippen molar-refractivity contribution < 1.29 is 28.6 Å². The molecule has 1 aliphatic carbocycles. The summed E-state index contributed by atoms with van der Waals surface area (Å²) in [5.41, 5.74) is -1.16. The van der Waals surface area contributed by atoms with Crippen LogP contribution in [0.5, 0.6) is 0 Å². The van der Waals surface area contributed by atoms with Gasteiger partial charge in [0.25, 0.3) is 5.92 Å². The number of allylic oxidation sites excluding steroid dienone is 3. The maximum absolute atomic E-state index is 14.3. The summed E-state index contributed by atoms with van der Waals surface area (Å²) in [6.07, 6.45) is 9.97. The van der Waals surface area contributed by atoms with Gasteiger partial charge in [0.1, 0.15) is 5.78 Å². The first-order valence-electron chi connectivity index (χ1n) is 9.78. The number of aliphatic carboxylic acids is 1. The molecule has 0 aromatic rings. The van der Waals surface area contributed by atoms with Crippen LogP contribution >= 0.6 is 0 Å². The largest absolute Gasteiger partial charge is 0.481 e. The fraction of sp³-hybridized carbons (Fsp3) is 0.714. The molecule has 0 bridgehead atoms. The second-order valence-electron chi connectivity index (χ2n) is 7.70. The highest BCUT2D eigenvalue weighted by Gasteiger charge is 2.53. The first-order chi connectivity index (χ1) is 12.6. The maximum atomic E-state index is 14.3. The van der Waals surface area contributed by atoms with E-state index in [-0.39, 0.29) is 12.8 Å². The lowest BCUT2D eigenvalue weighted by Gasteiger charge is -2.23. The standard InChI is InChI=1S/C21H32F2O4/c1-3-4-9-13-20(2,27)14-12-17-16(18(24)15-21(17,22)23)10-7-5-6-8-11-19(25)26/h5,7,12,14,16-17,27H,3-4,6,8-11,13,15H2,1-2H3,(H,25,26)/t16-,17-,20?/m1/s1. The number of ketones is 1. The number of carbonyl (C=O) groups is 2. The van der Waals surface area contributed by atoms with Gasteiger partial charge in [0.05, 0.1) is 17.9 Å². The van der Waals surface area contributed by atoms with E-state index in [0.717, 1.165) is 19.3 Å². The average Bonchev–Trinajstić information content (AvgIpc) is 2.76. The lowest BCUT2D eigenvalue weighted by molar-refractivity contribution is -0.137. The molecule has 0 heterocycles. The van der Waals surface area contributed by atoms with Gasteiger partial charge in [0.15, 0.2) is 0 Å². The van der Waals surface area contributed by atoms with Crippen molar-refractivity contribution in [3.8, 4) is 0 Å². The topological polar surface area (TPSA) is 74.6 Å². The van der Waals surface area contributed by atoms with Crippen LogP contribution in [0.1, 0.15) is 71.6 Å². The molecule has 1 saturated carbocycles. The smallest absolute Gasteiger partial charge is 0.303 e. The number of hydrogen-bond acceptors (Lipinski definition) is 3. The van der Waals surface area contributed by atoms with Crippen molar-refractivity contribution in [1.82, 2.24) is 0 Å². The quantitative estimate of drug-likeness (QED) is 0.369. The van der Waals surface area contributed by atoms with E-state index in [2.05, 4.69) is 6.92 Å². The van der Waals surface area contributed by atoms with E-state index < -0.39 is 41.5 Å². The summed E-state index contributed by atoms with van der Waals surface area (Å²) in [6.45, 7) is 3.65. The Morgan fingerprint density at radius 3 is 2.63 bits per heavy atom. The number of carboxylic acids is 1. The third kappa shape index (κ3) is 8.33. The summed E-state index contributed by atoms with van der Waals surface area (Å²) in [5.74, 6) is -6.46. The minimum absolute atomic E-state index is 0.0588. The second-order valence-corrected chi connectivity index (χ2v) is 7.70. The monoisotopic (exact) mass is 386 g/mol. The average molecular weight is 386 g/mol. The van der Waals surface area contributed by atoms with Gasteiger partial charge in [-0.2, -0.15) is 0 Å². The number of Topliss-reactive ketones (excluding diaryl/α,β-unsaturated/α-hetero) is 1. The fourth-order valence-corrected chi connectivity index (χ4v) is 3.39. The molecule has 1 unspecified atom stereocenters. The van der Waals surface area contributed by atoms with Crippen LogP contribution in [0.3, 0.4) is 0 Å². The van der Waals surface area contributed by atoms with E-state index in [1.54, 1.807) is 19.1 Å². The third-order valence-corrected chi connectivity index (χ3v) is 5.01. The normalized spacial score (nSPS) is 24.7. The van der Waals surface area contributed by atoms with E-state index in [0.29, 0.717) is 19.3 Å². The summed E-state index contributed by atoms with van der Waals surface area (Å²) in [4.78, 5) is 22.5. The van der Waals surface area contributed by atoms with Gasteiger partial charge < -0.3 is 10.2 Å². The minimum atomic E-state index is -3.10. The number of halogens is 2. The molecule has 2 N–H and O–H groups in total. The molecular weight excluding hydrogens is 354 g/mol. The van der Waals surface area contributed by atoms with Crippen molar-refractivity contribution in [2.75, 3.05) is 0 Å². The van der Waals surface area contributed by atoms with E-state index in [1.807, 2.05) is 0 Å². The van der Waals surface area contributed by atoms with E-state index in [1.165, 1.54) is 12.2 Å². The first-order valence-corrected chi connectivity index (χ1v) is 9.78. The van der Waals surface area contributed by atoms with Gasteiger partial charge in [0.2, 0.25) is 0 Å². The molecule has 1 aliphatic rings. The predicted molar refractivity (Wildman–Crippen MR) is 101 cm³/mol. The van der Waals surface area contributed by atoms with Crippen LogP contribution in [-0.2, 0) is 9.59 Å². The predicted octanol–water partition coefficient (Wildman–Crippen LogP) is 4.92. The van der Waals surface area contributed by atoms with Crippen LogP contribution in [-0.4, -0.2) is 33.5 Å². The molecule has 0 aromatic carbocycles. The molecule has 0 saturated heterocycles. The number of alkyl halides is 2. The molecule has 27 heavy (non-hydrogen) atoms. The molecular formula is C21H32F2O4. The molecule has 1 fully saturated rings. The molecule has 0 aromatic heterocycles. The summed E-state index contributed by atoms with van der Waals surface area (Å²) < 4.78 is 28.5. The Labute approximate surface area is 160 Å². The molecule has 0 radical (unpaired) electrons. The lowest BCUT2D eigenvalue weighted by Crippen LogP contribution is -2.26. The van der Waals surface area contributed by atoms with Gasteiger partial charge in [-0.3, -0.25) is 9.59 Å².